The molecule has 1 rings (SSSR count). The first-order valence-electron chi connectivity index (χ1n) is 4.48. The number of rotatable bonds is 6. The first-order valence-corrected chi connectivity index (χ1v) is 5.64. The number of aromatic nitrogens is 2. The summed E-state index contributed by atoms with van der Waals surface area (Å²) in [7, 11) is 0. The topological polar surface area (TPSA) is 17.8 Å². The monoisotopic (exact) mass is 184 g/mol. The van der Waals surface area contributed by atoms with Crippen LogP contribution in [0.2, 0.25) is 0 Å². The summed E-state index contributed by atoms with van der Waals surface area (Å²) in [4.78, 5) is 0. The van der Waals surface area contributed by atoms with Gasteiger partial charge in [0, 0.05) is 24.7 Å². The van der Waals surface area contributed by atoms with Crippen LogP contribution in [-0.4, -0.2) is 21.3 Å². The minimum Gasteiger partial charge on any atom is -0.272 e. The van der Waals surface area contributed by atoms with Crippen molar-refractivity contribution in [2.45, 2.75) is 26.3 Å². The third-order valence-corrected chi connectivity index (χ3v) is 2.71. The van der Waals surface area contributed by atoms with E-state index >= 15 is 0 Å². The molecule has 1 heterocycles. The third-order valence-electron chi connectivity index (χ3n) is 1.67. The van der Waals surface area contributed by atoms with Gasteiger partial charge in [0.05, 0.1) is 0 Å². The highest BCUT2D eigenvalue weighted by molar-refractivity contribution is 7.99. The molecule has 1 aromatic heterocycles. The molecular weight excluding hydrogens is 168 g/mol. The van der Waals surface area contributed by atoms with Crippen molar-refractivity contribution in [2.75, 3.05) is 11.5 Å². The molecular formula is C9H16N2S. The third kappa shape index (κ3) is 3.81. The van der Waals surface area contributed by atoms with E-state index in [0.717, 1.165) is 6.54 Å². The average Bonchev–Trinajstić information content (AvgIpc) is 2.57. The molecule has 0 atom stereocenters. The quantitative estimate of drug-likeness (QED) is 0.632. The van der Waals surface area contributed by atoms with Gasteiger partial charge in [-0.3, -0.25) is 4.68 Å². The molecule has 0 N–H and O–H groups in total. The van der Waals surface area contributed by atoms with Gasteiger partial charge in [-0.15, -0.1) is 0 Å². The van der Waals surface area contributed by atoms with Crippen molar-refractivity contribution in [3.05, 3.63) is 18.5 Å². The number of hydrogen-bond donors (Lipinski definition) is 0. The van der Waals surface area contributed by atoms with E-state index in [1.54, 1.807) is 0 Å². The van der Waals surface area contributed by atoms with E-state index in [-0.39, 0.29) is 0 Å². The molecule has 0 aliphatic rings. The maximum atomic E-state index is 4.14. The van der Waals surface area contributed by atoms with E-state index in [1.165, 1.54) is 24.3 Å². The van der Waals surface area contributed by atoms with E-state index < -0.39 is 0 Å². The maximum Gasteiger partial charge on any atom is 0.0499 e. The SMILES string of the molecule is CCCCSCCn1cccn1. The van der Waals surface area contributed by atoms with Gasteiger partial charge in [0.2, 0.25) is 0 Å². The van der Waals surface area contributed by atoms with Crippen LogP contribution in [0.25, 0.3) is 0 Å². The van der Waals surface area contributed by atoms with Gasteiger partial charge in [0.1, 0.15) is 0 Å². The molecule has 0 fully saturated rings. The molecule has 2 nitrogen and oxygen atoms in total. The van der Waals surface area contributed by atoms with Gasteiger partial charge >= 0.3 is 0 Å². The lowest BCUT2D eigenvalue weighted by Gasteiger charge is -2.00. The van der Waals surface area contributed by atoms with Crippen molar-refractivity contribution in [3.8, 4) is 0 Å². The minimum absolute atomic E-state index is 1.04. The summed E-state index contributed by atoms with van der Waals surface area (Å²) in [5.74, 6) is 2.47. The molecule has 0 saturated heterocycles. The summed E-state index contributed by atoms with van der Waals surface area (Å²) in [6.45, 7) is 3.27. The van der Waals surface area contributed by atoms with Crippen LogP contribution in [0.15, 0.2) is 18.5 Å². The van der Waals surface area contributed by atoms with Gasteiger partial charge in [-0.1, -0.05) is 13.3 Å². The van der Waals surface area contributed by atoms with Crippen molar-refractivity contribution in [1.29, 1.82) is 0 Å². The van der Waals surface area contributed by atoms with Gasteiger partial charge in [-0.05, 0) is 18.2 Å². The smallest absolute Gasteiger partial charge is 0.0499 e. The first-order chi connectivity index (χ1) is 5.93. The molecule has 0 amide bonds. The number of hydrogen-bond acceptors (Lipinski definition) is 2. The fourth-order valence-corrected chi connectivity index (χ4v) is 1.95. The lowest BCUT2D eigenvalue weighted by atomic mass is 10.4. The van der Waals surface area contributed by atoms with E-state index in [0.29, 0.717) is 0 Å². The average molecular weight is 184 g/mol. The van der Waals surface area contributed by atoms with Crippen molar-refractivity contribution in [1.82, 2.24) is 9.78 Å². The summed E-state index contributed by atoms with van der Waals surface area (Å²) in [5.41, 5.74) is 0. The second kappa shape index (κ2) is 6.12. The fraction of sp³-hybridized carbons (Fsp3) is 0.667. The number of nitrogens with zero attached hydrogens (tertiary/aromatic N) is 2. The molecule has 0 unspecified atom stereocenters. The summed E-state index contributed by atoms with van der Waals surface area (Å²) in [6, 6.07) is 1.97. The van der Waals surface area contributed by atoms with E-state index in [2.05, 4.69) is 12.0 Å². The van der Waals surface area contributed by atoms with Crippen LogP contribution in [0.5, 0.6) is 0 Å². The zero-order chi connectivity index (χ0) is 8.65. The maximum absolute atomic E-state index is 4.14. The Balaban J connectivity index is 1.96. The molecule has 0 saturated carbocycles. The lowest BCUT2D eigenvalue weighted by Crippen LogP contribution is -2.00. The summed E-state index contributed by atoms with van der Waals surface area (Å²) in [5, 5.41) is 4.14. The van der Waals surface area contributed by atoms with Crippen molar-refractivity contribution in [2.24, 2.45) is 0 Å². The Bertz CT molecular complexity index is 184. The molecule has 0 aliphatic heterocycles. The zero-order valence-corrected chi connectivity index (χ0v) is 8.39. The lowest BCUT2D eigenvalue weighted by molar-refractivity contribution is 0.666. The van der Waals surface area contributed by atoms with Gasteiger partial charge < -0.3 is 0 Å². The van der Waals surface area contributed by atoms with Crippen molar-refractivity contribution >= 4 is 11.8 Å². The molecule has 0 spiro atoms. The molecule has 0 radical (unpaired) electrons. The fourth-order valence-electron chi connectivity index (χ4n) is 0.939. The zero-order valence-electron chi connectivity index (χ0n) is 7.57. The van der Waals surface area contributed by atoms with Crippen molar-refractivity contribution < 1.29 is 0 Å². The molecule has 0 aliphatic carbocycles. The number of thioether (sulfide) groups is 1. The Hall–Kier alpha value is -0.440. The van der Waals surface area contributed by atoms with Crippen LogP contribution in [0.4, 0.5) is 0 Å². The van der Waals surface area contributed by atoms with Gasteiger partial charge in [-0.25, -0.2) is 0 Å². The largest absolute Gasteiger partial charge is 0.272 e. The Morgan fingerprint density at radius 3 is 3.00 bits per heavy atom. The normalized spacial score (nSPS) is 10.4. The van der Waals surface area contributed by atoms with Gasteiger partial charge in [0.15, 0.2) is 0 Å². The summed E-state index contributed by atoms with van der Waals surface area (Å²) in [6.07, 6.45) is 6.48. The Morgan fingerprint density at radius 2 is 2.33 bits per heavy atom. The Kier molecular flexibility index (Phi) is 4.92. The predicted octanol–water partition coefficient (Wildman–Crippen LogP) is 2.42. The van der Waals surface area contributed by atoms with Crippen LogP contribution in [0, 0.1) is 0 Å². The second-order valence-corrected chi connectivity index (χ2v) is 3.96. The highest BCUT2D eigenvalue weighted by Gasteiger charge is 1.90. The van der Waals surface area contributed by atoms with Crippen LogP contribution in [0.3, 0.4) is 0 Å². The first kappa shape index (κ1) is 9.65. The Labute approximate surface area is 78.4 Å². The second-order valence-electron chi connectivity index (χ2n) is 2.74. The molecule has 1 aromatic rings. The predicted molar refractivity (Wildman–Crippen MR) is 54.5 cm³/mol. The van der Waals surface area contributed by atoms with E-state index in [4.69, 9.17) is 0 Å². The van der Waals surface area contributed by atoms with Crippen LogP contribution >= 0.6 is 11.8 Å². The number of aryl methyl sites for hydroxylation is 1. The van der Waals surface area contributed by atoms with Crippen LogP contribution in [0.1, 0.15) is 19.8 Å². The molecule has 3 heteroatoms. The van der Waals surface area contributed by atoms with E-state index in [9.17, 15) is 0 Å². The standard InChI is InChI=1S/C9H16N2S/c1-2-3-8-12-9-7-11-6-4-5-10-11/h4-6H,2-3,7-9H2,1H3. The van der Waals surface area contributed by atoms with Gasteiger partial charge in [-0.2, -0.15) is 16.9 Å². The van der Waals surface area contributed by atoms with Crippen LogP contribution < -0.4 is 0 Å². The van der Waals surface area contributed by atoms with E-state index in [1.807, 2.05) is 34.9 Å². The molecule has 68 valence electrons. The van der Waals surface area contributed by atoms with Gasteiger partial charge in [0.25, 0.3) is 0 Å². The highest BCUT2D eigenvalue weighted by Crippen LogP contribution is 2.04. The summed E-state index contributed by atoms with van der Waals surface area (Å²) >= 11 is 2.02. The number of unbranched alkanes of at least 4 members (excludes halogenated alkanes) is 1. The molecule has 0 bridgehead atoms. The minimum atomic E-state index is 1.04. The molecule has 0 aromatic carbocycles. The summed E-state index contributed by atoms with van der Waals surface area (Å²) < 4.78 is 1.99. The van der Waals surface area contributed by atoms with Crippen molar-refractivity contribution in [3.63, 3.8) is 0 Å². The van der Waals surface area contributed by atoms with Crippen LogP contribution in [-0.2, 0) is 6.54 Å². The highest BCUT2D eigenvalue weighted by atomic mass is 32.2. The molecule has 12 heavy (non-hydrogen) atoms. The Morgan fingerprint density at radius 1 is 1.42 bits per heavy atom.